The van der Waals surface area contributed by atoms with Crippen molar-refractivity contribution >= 4 is 34.8 Å². The first-order valence-electron chi connectivity index (χ1n) is 8.75. The lowest BCUT2D eigenvalue weighted by Crippen LogP contribution is -2.20. The molecule has 8 nitrogen and oxygen atoms in total. The molecule has 1 aromatic heterocycles. The zero-order valence-electron chi connectivity index (χ0n) is 15.6. The minimum Gasteiger partial charge on any atom is -0.484 e. The van der Waals surface area contributed by atoms with Crippen LogP contribution in [0.2, 0.25) is 0 Å². The molecule has 3 N–H and O–H groups in total. The van der Waals surface area contributed by atoms with Crippen LogP contribution in [0.3, 0.4) is 0 Å². The standard InChI is InChI=1S/C21H19N3O5/c1-14(25)22-15-7-9-16(10-8-15)23-20(26)13-29-18-5-2-4-17(12-18)24-21(27)19-6-3-11-28-19/h2-12H,13H2,1H3,(H,22,25)(H,23,26)(H,24,27). The lowest BCUT2D eigenvalue weighted by atomic mass is 10.2. The molecule has 2 aromatic carbocycles. The maximum Gasteiger partial charge on any atom is 0.291 e. The molecule has 0 spiro atoms. The molecule has 0 fully saturated rings. The monoisotopic (exact) mass is 393 g/mol. The highest BCUT2D eigenvalue weighted by atomic mass is 16.5. The van der Waals surface area contributed by atoms with E-state index in [-0.39, 0.29) is 30.1 Å². The van der Waals surface area contributed by atoms with Crippen molar-refractivity contribution in [1.82, 2.24) is 0 Å². The molecular weight excluding hydrogens is 374 g/mol. The van der Waals surface area contributed by atoms with E-state index >= 15 is 0 Å². The van der Waals surface area contributed by atoms with Gasteiger partial charge >= 0.3 is 0 Å². The van der Waals surface area contributed by atoms with Gasteiger partial charge in [0.05, 0.1) is 6.26 Å². The van der Waals surface area contributed by atoms with Crippen molar-refractivity contribution in [2.75, 3.05) is 22.6 Å². The second kappa shape index (κ2) is 9.23. The molecule has 3 rings (SSSR count). The van der Waals surface area contributed by atoms with Crippen LogP contribution in [0.5, 0.6) is 5.75 Å². The second-order valence-corrected chi connectivity index (χ2v) is 6.05. The van der Waals surface area contributed by atoms with Crippen LogP contribution >= 0.6 is 0 Å². The Morgan fingerprint density at radius 1 is 0.862 bits per heavy atom. The number of carbonyl (C=O) groups is 3. The van der Waals surface area contributed by atoms with Gasteiger partial charge in [-0.25, -0.2) is 0 Å². The van der Waals surface area contributed by atoms with Crippen LogP contribution in [0.4, 0.5) is 17.1 Å². The van der Waals surface area contributed by atoms with Gasteiger partial charge in [-0.2, -0.15) is 0 Å². The molecule has 3 amide bonds. The van der Waals surface area contributed by atoms with Gasteiger partial charge in [-0.3, -0.25) is 14.4 Å². The molecule has 29 heavy (non-hydrogen) atoms. The lowest BCUT2D eigenvalue weighted by molar-refractivity contribution is -0.118. The number of anilines is 3. The summed E-state index contributed by atoms with van der Waals surface area (Å²) >= 11 is 0. The maximum atomic E-state index is 12.1. The molecule has 0 aliphatic rings. The van der Waals surface area contributed by atoms with Gasteiger partial charge in [0.25, 0.3) is 11.8 Å². The molecule has 0 radical (unpaired) electrons. The Labute approximate surface area is 166 Å². The summed E-state index contributed by atoms with van der Waals surface area (Å²) in [4.78, 5) is 35.1. The summed E-state index contributed by atoms with van der Waals surface area (Å²) in [6, 6.07) is 16.6. The third-order valence-electron chi connectivity index (χ3n) is 3.70. The fourth-order valence-corrected chi connectivity index (χ4v) is 2.45. The maximum absolute atomic E-state index is 12.1. The SMILES string of the molecule is CC(=O)Nc1ccc(NC(=O)COc2cccc(NC(=O)c3ccco3)c2)cc1. The Kier molecular flexibility index (Phi) is 6.26. The number of nitrogens with one attached hydrogen (secondary N) is 3. The zero-order valence-corrected chi connectivity index (χ0v) is 15.6. The average Bonchev–Trinajstić information content (AvgIpc) is 3.23. The minimum absolute atomic E-state index is 0.169. The van der Waals surface area contributed by atoms with Crippen molar-refractivity contribution in [3.8, 4) is 5.75 Å². The van der Waals surface area contributed by atoms with Crippen molar-refractivity contribution in [2.45, 2.75) is 6.92 Å². The molecule has 8 heteroatoms. The molecule has 0 atom stereocenters. The first-order valence-corrected chi connectivity index (χ1v) is 8.75. The lowest BCUT2D eigenvalue weighted by Gasteiger charge is -2.10. The van der Waals surface area contributed by atoms with Crippen LogP contribution in [0, 0.1) is 0 Å². The number of hydrogen-bond donors (Lipinski definition) is 3. The fraction of sp³-hybridized carbons (Fsp3) is 0.0952. The Bertz CT molecular complexity index is 997. The van der Waals surface area contributed by atoms with E-state index in [1.165, 1.54) is 13.2 Å². The van der Waals surface area contributed by atoms with Crippen molar-refractivity contribution in [2.24, 2.45) is 0 Å². The summed E-state index contributed by atoms with van der Waals surface area (Å²) in [7, 11) is 0. The quantitative estimate of drug-likeness (QED) is 0.569. The van der Waals surface area contributed by atoms with Crippen LogP contribution in [0.1, 0.15) is 17.5 Å². The van der Waals surface area contributed by atoms with Crippen LogP contribution < -0.4 is 20.7 Å². The molecule has 1 heterocycles. The number of hydrogen-bond acceptors (Lipinski definition) is 5. The highest BCUT2D eigenvalue weighted by Crippen LogP contribution is 2.19. The zero-order chi connectivity index (χ0) is 20.6. The van der Waals surface area contributed by atoms with E-state index < -0.39 is 0 Å². The first kappa shape index (κ1) is 19.7. The second-order valence-electron chi connectivity index (χ2n) is 6.05. The molecule has 148 valence electrons. The number of carbonyl (C=O) groups excluding carboxylic acids is 3. The molecule has 0 aliphatic carbocycles. The fourth-order valence-electron chi connectivity index (χ4n) is 2.45. The predicted octanol–water partition coefficient (Wildman–Crippen LogP) is 3.51. The van der Waals surface area contributed by atoms with E-state index in [0.717, 1.165) is 0 Å². The van der Waals surface area contributed by atoms with Crippen molar-refractivity contribution in [3.05, 3.63) is 72.7 Å². The van der Waals surface area contributed by atoms with Gasteiger partial charge in [-0.15, -0.1) is 0 Å². The molecule has 0 saturated carbocycles. The minimum atomic E-state index is -0.382. The smallest absolute Gasteiger partial charge is 0.291 e. The summed E-state index contributed by atoms with van der Waals surface area (Å²) < 4.78 is 10.5. The van der Waals surface area contributed by atoms with Gasteiger partial charge in [-0.1, -0.05) is 6.07 Å². The number of furan rings is 1. The molecule has 0 aliphatic heterocycles. The Morgan fingerprint density at radius 2 is 1.59 bits per heavy atom. The third-order valence-corrected chi connectivity index (χ3v) is 3.70. The van der Waals surface area contributed by atoms with E-state index in [1.807, 2.05) is 0 Å². The topological polar surface area (TPSA) is 110 Å². The van der Waals surface area contributed by atoms with E-state index in [1.54, 1.807) is 60.7 Å². The van der Waals surface area contributed by atoms with Crippen LogP contribution in [-0.4, -0.2) is 24.3 Å². The van der Waals surface area contributed by atoms with Crippen molar-refractivity contribution in [3.63, 3.8) is 0 Å². The number of benzene rings is 2. The first-order chi connectivity index (χ1) is 14.0. The van der Waals surface area contributed by atoms with Gasteiger partial charge < -0.3 is 25.1 Å². The molecule has 0 bridgehead atoms. The Morgan fingerprint density at radius 3 is 2.24 bits per heavy atom. The third kappa shape index (κ3) is 5.96. The predicted molar refractivity (Wildman–Crippen MR) is 108 cm³/mol. The highest BCUT2D eigenvalue weighted by Gasteiger charge is 2.10. The van der Waals surface area contributed by atoms with Gasteiger partial charge in [0.2, 0.25) is 5.91 Å². The summed E-state index contributed by atoms with van der Waals surface area (Å²) in [5.74, 6) is -0.272. The number of rotatable bonds is 7. The molecule has 3 aromatic rings. The van der Waals surface area contributed by atoms with Gasteiger partial charge in [0.1, 0.15) is 5.75 Å². The largest absolute Gasteiger partial charge is 0.484 e. The summed E-state index contributed by atoms with van der Waals surface area (Å²) in [6.07, 6.45) is 1.42. The van der Waals surface area contributed by atoms with Crippen molar-refractivity contribution < 1.29 is 23.5 Å². The van der Waals surface area contributed by atoms with Crippen LogP contribution in [0.15, 0.2) is 71.3 Å². The summed E-state index contributed by atoms with van der Waals surface area (Å²) in [5, 5.41) is 8.03. The molecule has 0 unspecified atom stereocenters. The highest BCUT2D eigenvalue weighted by molar-refractivity contribution is 6.02. The Hall–Kier alpha value is -4.07. The average molecular weight is 393 g/mol. The van der Waals surface area contributed by atoms with Crippen LogP contribution in [0.25, 0.3) is 0 Å². The van der Waals surface area contributed by atoms with Gasteiger partial charge in [0, 0.05) is 30.1 Å². The van der Waals surface area contributed by atoms with Gasteiger partial charge in [-0.05, 0) is 48.5 Å². The summed E-state index contributed by atoms with van der Waals surface area (Å²) in [5.41, 5.74) is 1.73. The Balaban J connectivity index is 1.51. The number of amides is 3. The normalized spacial score (nSPS) is 10.1. The molecular formula is C21H19N3O5. The van der Waals surface area contributed by atoms with Crippen LogP contribution in [-0.2, 0) is 9.59 Å². The van der Waals surface area contributed by atoms with Gasteiger partial charge in [0.15, 0.2) is 12.4 Å². The molecule has 0 saturated heterocycles. The van der Waals surface area contributed by atoms with E-state index in [0.29, 0.717) is 22.8 Å². The van der Waals surface area contributed by atoms with Crippen molar-refractivity contribution in [1.29, 1.82) is 0 Å². The number of ether oxygens (including phenoxy) is 1. The van der Waals surface area contributed by atoms with E-state index in [2.05, 4.69) is 16.0 Å². The summed E-state index contributed by atoms with van der Waals surface area (Å²) in [6.45, 7) is 1.22. The van der Waals surface area contributed by atoms with E-state index in [9.17, 15) is 14.4 Å². The van der Waals surface area contributed by atoms with E-state index in [4.69, 9.17) is 9.15 Å².